The van der Waals surface area contributed by atoms with Crippen molar-refractivity contribution in [3.63, 3.8) is 0 Å². The van der Waals surface area contributed by atoms with Crippen molar-refractivity contribution < 1.29 is 9.59 Å². The zero-order valence-corrected chi connectivity index (χ0v) is 19.5. The minimum Gasteiger partial charge on any atom is -0.378 e. The molecular weight excluding hydrogens is 402 g/mol. The van der Waals surface area contributed by atoms with Crippen LogP contribution in [0.5, 0.6) is 0 Å². The SMILES string of the molecule is CCN1CCN(c2ccc(C)nc2)C(=O)C12CCN(C(=O)c1cccc(N(C)C)c1)CC2. The Morgan fingerprint density at radius 2 is 1.84 bits per heavy atom. The number of piperidine rings is 1. The average molecular weight is 436 g/mol. The van der Waals surface area contributed by atoms with E-state index in [0.29, 0.717) is 38.0 Å². The van der Waals surface area contributed by atoms with E-state index in [9.17, 15) is 9.59 Å². The molecule has 1 aromatic heterocycles. The minimum absolute atomic E-state index is 0.0365. The summed E-state index contributed by atoms with van der Waals surface area (Å²) in [5.41, 5.74) is 2.94. The van der Waals surface area contributed by atoms with Gasteiger partial charge in [-0.15, -0.1) is 0 Å². The summed E-state index contributed by atoms with van der Waals surface area (Å²) in [5.74, 6) is 0.174. The average Bonchev–Trinajstić information content (AvgIpc) is 2.81. The van der Waals surface area contributed by atoms with Crippen LogP contribution in [0.4, 0.5) is 11.4 Å². The molecular formula is C25H33N5O2. The molecule has 2 aromatic rings. The van der Waals surface area contributed by atoms with Crippen LogP contribution in [0.2, 0.25) is 0 Å². The van der Waals surface area contributed by atoms with Gasteiger partial charge in [0.1, 0.15) is 5.54 Å². The van der Waals surface area contributed by atoms with E-state index in [0.717, 1.165) is 30.2 Å². The lowest BCUT2D eigenvalue weighted by molar-refractivity contribution is -0.137. The summed E-state index contributed by atoms with van der Waals surface area (Å²) >= 11 is 0. The second-order valence-corrected chi connectivity index (χ2v) is 8.96. The van der Waals surface area contributed by atoms with Gasteiger partial charge in [-0.2, -0.15) is 0 Å². The van der Waals surface area contributed by atoms with E-state index in [-0.39, 0.29) is 11.8 Å². The van der Waals surface area contributed by atoms with Crippen molar-refractivity contribution in [2.75, 3.05) is 56.6 Å². The third-order valence-corrected chi connectivity index (χ3v) is 6.92. The first-order valence-electron chi connectivity index (χ1n) is 11.4. The van der Waals surface area contributed by atoms with Crippen LogP contribution in [-0.2, 0) is 4.79 Å². The highest BCUT2D eigenvalue weighted by Gasteiger charge is 2.51. The van der Waals surface area contributed by atoms with Gasteiger partial charge in [-0.3, -0.25) is 19.5 Å². The fraction of sp³-hybridized carbons (Fsp3) is 0.480. The first kappa shape index (κ1) is 22.3. The summed E-state index contributed by atoms with van der Waals surface area (Å²) < 4.78 is 0. The molecule has 32 heavy (non-hydrogen) atoms. The highest BCUT2D eigenvalue weighted by molar-refractivity contribution is 6.01. The molecule has 0 bridgehead atoms. The number of nitrogens with zero attached hydrogens (tertiary/aromatic N) is 5. The maximum absolute atomic E-state index is 13.8. The summed E-state index contributed by atoms with van der Waals surface area (Å²) in [6.07, 6.45) is 3.09. The third-order valence-electron chi connectivity index (χ3n) is 6.92. The second-order valence-electron chi connectivity index (χ2n) is 8.96. The Hall–Kier alpha value is -2.93. The fourth-order valence-electron chi connectivity index (χ4n) is 4.96. The van der Waals surface area contributed by atoms with Gasteiger partial charge in [-0.25, -0.2) is 0 Å². The molecule has 2 aliphatic heterocycles. The number of benzene rings is 1. The Balaban J connectivity index is 1.52. The van der Waals surface area contributed by atoms with Gasteiger partial charge in [-0.1, -0.05) is 13.0 Å². The standard InChI is InChI=1S/C25H33N5O2/c1-5-29-15-16-30(22-10-9-19(2)26-18-22)24(32)25(29)11-13-28(14-12-25)23(31)20-7-6-8-21(17-20)27(3)4/h6-10,17-18H,5,11-16H2,1-4H3. The number of anilines is 2. The number of rotatable bonds is 4. The molecule has 7 nitrogen and oxygen atoms in total. The molecule has 2 fully saturated rings. The second kappa shape index (κ2) is 8.90. The van der Waals surface area contributed by atoms with Crippen molar-refractivity contribution in [2.24, 2.45) is 0 Å². The minimum atomic E-state index is -0.555. The monoisotopic (exact) mass is 435 g/mol. The number of aromatic nitrogens is 1. The summed E-state index contributed by atoms with van der Waals surface area (Å²) in [7, 11) is 3.94. The topological polar surface area (TPSA) is 60.0 Å². The number of hydrogen-bond acceptors (Lipinski definition) is 5. The van der Waals surface area contributed by atoms with Gasteiger partial charge in [0.05, 0.1) is 11.9 Å². The quantitative estimate of drug-likeness (QED) is 0.739. The molecule has 170 valence electrons. The highest BCUT2D eigenvalue weighted by atomic mass is 16.2. The van der Waals surface area contributed by atoms with Crippen LogP contribution in [0, 0.1) is 6.92 Å². The normalized spacial score (nSPS) is 18.8. The van der Waals surface area contributed by atoms with E-state index in [1.807, 2.05) is 72.1 Å². The molecule has 4 rings (SSSR count). The summed E-state index contributed by atoms with van der Waals surface area (Å²) in [5, 5.41) is 0. The van der Waals surface area contributed by atoms with Crippen molar-refractivity contribution >= 4 is 23.2 Å². The summed E-state index contributed by atoms with van der Waals surface area (Å²) in [6, 6.07) is 11.6. The van der Waals surface area contributed by atoms with Gasteiger partial charge in [0.2, 0.25) is 5.91 Å². The number of likely N-dealkylation sites (N-methyl/N-ethyl adjacent to an activating group) is 1. The first-order chi connectivity index (χ1) is 15.4. The molecule has 1 aromatic carbocycles. The van der Waals surface area contributed by atoms with Crippen molar-refractivity contribution in [1.82, 2.24) is 14.8 Å². The number of carbonyl (C=O) groups is 2. The lowest BCUT2D eigenvalue weighted by Gasteiger charge is -2.52. The lowest BCUT2D eigenvalue weighted by atomic mass is 9.82. The van der Waals surface area contributed by atoms with Crippen LogP contribution in [0.25, 0.3) is 0 Å². The van der Waals surface area contributed by atoms with Crippen molar-refractivity contribution in [3.05, 3.63) is 53.9 Å². The number of likely N-dealkylation sites (tertiary alicyclic amines) is 1. The van der Waals surface area contributed by atoms with Crippen LogP contribution < -0.4 is 9.80 Å². The Labute approximate surface area is 190 Å². The Morgan fingerprint density at radius 3 is 2.47 bits per heavy atom. The van der Waals surface area contributed by atoms with E-state index in [2.05, 4.69) is 16.8 Å². The predicted molar refractivity (Wildman–Crippen MR) is 127 cm³/mol. The smallest absolute Gasteiger partial charge is 0.253 e. The Kier molecular flexibility index (Phi) is 6.20. The van der Waals surface area contributed by atoms with Gasteiger partial charge in [-0.05, 0) is 56.6 Å². The van der Waals surface area contributed by atoms with Crippen molar-refractivity contribution in [1.29, 1.82) is 0 Å². The van der Waals surface area contributed by atoms with Crippen molar-refractivity contribution in [2.45, 2.75) is 32.2 Å². The first-order valence-corrected chi connectivity index (χ1v) is 11.4. The summed E-state index contributed by atoms with van der Waals surface area (Å²) in [4.78, 5) is 39.4. The molecule has 0 unspecified atom stereocenters. The van der Waals surface area contributed by atoms with Crippen LogP contribution in [-0.4, -0.2) is 79.0 Å². The molecule has 1 spiro atoms. The van der Waals surface area contributed by atoms with Gasteiger partial charge in [0.25, 0.3) is 5.91 Å². The van der Waals surface area contributed by atoms with Crippen LogP contribution in [0.3, 0.4) is 0 Å². The van der Waals surface area contributed by atoms with E-state index in [4.69, 9.17) is 0 Å². The number of amides is 2. The molecule has 3 heterocycles. The van der Waals surface area contributed by atoms with Crippen LogP contribution >= 0.6 is 0 Å². The number of pyridine rings is 1. The number of aryl methyl sites for hydroxylation is 1. The Bertz CT molecular complexity index is 980. The molecule has 2 aliphatic rings. The van der Waals surface area contributed by atoms with Gasteiger partial charge in [0.15, 0.2) is 0 Å². The molecule has 0 radical (unpaired) electrons. The zero-order chi connectivity index (χ0) is 22.9. The molecule has 2 saturated heterocycles. The van der Waals surface area contributed by atoms with Crippen LogP contribution in [0.15, 0.2) is 42.6 Å². The van der Waals surface area contributed by atoms with Crippen molar-refractivity contribution in [3.8, 4) is 0 Å². The van der Waals surface area contributed by atoms with E-state index < -0.39 is 5.54 Å². The molecule has 0 atom stereocenters. The maximum atomic E-state index is 13.8. The predicted octanol–water partition coefficient (Wildman–Crippen LogP) is 2.80. The molecule has 7 heteroatoms. The fourth-order valence-corrected chi connectivity index (χ4v) is 4.96. The largest absolute Gasteiger partial charge is 0.378 e. The van der Waals surface area contributed by atoms with E-state index in [1.54, 1.807) is 6.20 Å². The van der Waals surface area contributed by atoms with Gasteiger partial charge in [0, 0.05) is 57.2 Å². The van der Waals surface area contributed by atoms with Crippen LogP contribution in [0.1, 0.15) is 35.8 Å². The number of carbonyl (C=O) groups excluding carboxylic acids is 2. The van der Waals surface area contributed by atoms with E-state index >= 15 is 0 Å². The lowest BCUT2D eigenvalue weighted by Crippen LogP contribution is -2.69. The molecule has 0 N–H and O–H groups in total. The number of hydrogen-bond donors (Lipinski definition) is 0. The number of piperazine rings is 1. The van der Waals surface area contributed by atoms with Gasteiger partial charge < -0.3 is 14.7 Å². The Morgan fingerprint density at radius 1 is 1.09 bits per heavy atom. The summed E-state index contributed by atoms with van der Waals surface area (Å²) in [6.45, 7) is 7.53. The molecule has 0 aliphatic carbocycles. The maximum Gasteiger partial charge on any atom is 0.253 e. The highest BCUT2D eigenvalue weighted by Crippen LogP contribution is 2.36. The third kappa shape index (κ3) is 3.97. The van der Waals surface area contributed by atoms with Gasteiger partial charge >= 0.3 is 0 Å². The zero-order valence-electron chi connectivity index (χ0n) is 19.5. The molecule has 0 saturated carbocycles. The molecule has 2 amide bonds. The van der Waals surface area contributed by atoms with E-state index in [1.165, 1.54) is 0 Å².